The molecular formula is C32H35F2N7O6. The molecule has 13 nitrogen and oxygen atoms in total. The van der Waals surface area contributed by atoms with Gasteiger partial charge in [0.2, 0.25) is 11.3 Å². The highest BCUT2D eigenvalue weighted by atomic mass is 19.1. The second-order valence-corrected chi connectivity index (χ2v) is 12.6. The number of fused-ring (bicyclic) bond motifs is 1. The molecule has 4 aliphatic rings. The van der Waals surface area contributed by atoms with Crippen LogP contribution < -0.4 is 25.4 Å². The van der Waals surface area contributed by atoms with Gasteiger partial charge in [-0.15, -0.1) is 0 Å². The van der Waals surface area contributed by atoms with Gasteiger partial charge in [0.25, 0.3) is 0 Å². The van der Waals surface area contributed by atoms with Crippen LogP contribution in [0.5, 0.6) is 0 Å². The van der Waals surface area contributed by atoms with Crippen molar-refractivity contribution in [3.63, 3.8) is 0 Å². The van der Waals surface area contributed by atoms with Gasteiger partial charge in [-0.05, 0) is 43.5 Å². The SMILES string of the molecule is CC(=O)NC[C@H]1CN(c2ccc(N3CCN(C4CCN(c5nc6c(cc5F)c(=O)c(C(=O)O)cn6C5CC5)C4)CC3)c(F)c2)C(=O)O1. The summed E-state index contributed by atoms with van der Waals surface area (Å²) in [6, 6.07) is 5.98. The first-order valence-corrected chi connectivity index (χ1v) is 15.8. The Bertz CT molecular complexity index is 1820. The lowest BCUT2D eigenvalue weighted by Crippen LogP contribution is -2.51. The lowest BCUT2D eigenvalue weighted by Gasteiger charge is -2.39. The molecule has 1 aliphatic carbocycles. The van der Waals surface area contributed by atoms with Gasteiger partial charge in [0.1, 0.15) is 23.1 Å². The molecule has 0 bridgehead atoms. The molecule has 2 aromatic heterocycles. The number of piperazine rings is 1. The molecule has 248 valence electrons. The van der Waals surface area contributed by atoms with E-state index in [1.807, 2.05) is 9.80 Å². The first-order chi connectivity index (χ1) is 22.6. The van der Waals surface area contributed by atoms with Crippen LogP contribution in [-0.4, -0.2) is 102 Å². The summed E-state index contributed by atoms with van der Waals surface area (Å²) >= 11 is 0. The molecule has 5 heterocycles. The summed E-state index contributed by atoms with van der Waals surface area (Å²) < 4.78 is 37.7. The van der Waals surface area contributed by atoms with Crippen LogP contribution in [0.4, 0.5) is 30.8 Å². The number of benzene rings is 1. The second-order valence-electron chi connectivity index (χ2n) is 12.6. The number of aromatic carboxylic acids is 1. The van der Waals surface area contributed by atoms with Crippen molar-refractivity contribution in [3.05, 3.63) is 57.9 Å². The fourth-order valence-electron chi connectivity index (χ4n) is 6.82. The van der Waals surface area contributed by atoms with Crippen LogP contribution in [-0.2, 0) is 9.53 Å². The number of aromatic nitrogens is 2. The zero-order valence-electron chi connectivity index (χ0n) is 25.8. The number of nitrogens with zero attached hydrogens (tertiary/aromatic N) is 6. The van der Waals surface area contributed by atoms with E-state index in [4.69, 9.17) is 4.74 Å². The van der Waals surface area contributed by atoms with Crippen LogP contribution in [0.25, 0.3) is 11.0 Å². The predicted molar refractivity (Wildman–Crippen MR) is 168 cm³/mol. The van der Waals surface area contributed by atoms with Crippen molar-refractivity contribution in [3.8, 4) is 0 Å². The van der Waals surface area contributed by atoms with Crippen LogP contribution in [0, 0.1) is 11.6 Å². The summed E-state index contributed by atoms with van der Waals surface area (Å²) in [6.45, 7) is 5.40. The van der Waals surface area contributed by atoms with Crippen LogP contribution in [0.3, 0.4) is 0 Å². The molecule has 0 radical (unpaired) electrons. The zero-order chi connectivity index (χ0) is 33.0. The van der Waals surface area contributed by atoms with Crippen molar-refractivity contribution in [2.75, 3.05) is 67.1 Å². The molecule has 2 atom stereocenters. The maximum Gasteiger partial charge on any atom is 0.414 e. The highest BCUT2D eigenvalue weighted by molar-refractivity contribution is 5.92. The highest BCUT2D eigenvalue weighted by Gasteiger charge is 2.35. The molecule has 1 saturated carbocycles. The van der Waals surface area contributed by atoms with Gasteiger partial charge >= 0.3 is 12.1 Å². The van der Waals surface area contributed by atoms with Crippen molar-refractivity contribution in [2.24, 2.45) is 0 Å². The maximum absolute atomic E-state index is 15.4. The Morgan fingerprint density at radius 2 is 1.74 bits per heavy atom. The quantitative estimate of drug-likeness (QED) is 0.374. The van der Waals surface area contributed by atoms with Crippen molar-refractivity contribution in [2.45, 2.75) is 44.4 Å². The number of halogens is 2. The number of pyridine rings is 2. The van der Waals surface area contributed by atoms with Gasteiger partial charge in [-0.25, -0.2) is 23.4 Å². The Morgan fingerprint density at radius 1 is 0.979 bits per heavy atom. The van der Waals surface area contributed by atoms with Gasteiger partial charge in [-0.1, -0.05) is 0 Å². The highest BCUT2D eigenvalue weighted by Crippen LogP contribution is 2.37. The third kappa shape index (κ3) is 5.95. The number of nitrogens with one attached hydrogen (secondary N) is 1. The lowest BCUT2D eigenvalue weighted by atomic mass is 10.1. The molecule has 2 N–H and O–H groups in total. The minimum atomic E-state index is -1.35. The van der Waals surface area contributed by atoms with Crippen LogP contribution >= 0.6 is 0 Å². The number of hydrogen-bond donors (Lipinski definition) is 2. The zero-order valence-corrected chi connectivity index (χ0v) is 25.8. The summed E-state index contributed by atoms with van der Waals surface area (Å²) in [6.07, 6.45) is 2.69. The van der Waals surface area contributed by atoms with Crippen molar-refractivity contribution in [1.29, 1.82) is 0 Å². The number of carbonyl (C=O) groups is 3. The fourth-order valence-corrected chi connectivity index (χ4v) is 6.82. The predicted octanol–water partition coefficient (Wildman–Crippen LogP) is 2.57. The van der Waals surface area contributed by atoms with E-state index < -0.39 is 35.2 Å². The van der Waals surface area contributed by atoms with E-state index >= 15 is 8.78 Å². The minimum absolute atomic E-state index is 0.0308. The first kappa shape index (κ1) is 30.8. The summed E-state index contributed by atoms with van der Waals surface area (Å²) in [7, 11) is 0. The first-order valence-electron chi connectivity index (χ1n) is 15.8. The minimum Gasteiger partial charge on any atom is -0.477 e. The molecule has 7 rings (SSSR count). The summed E-state index contributed by atoms with van der Waals surface area (Å²) in [4.78, 5) is 60.1. The van der Waals surface area contributed by atoms with Gasteiger partial charge < -0.3 is 29.5 Å². The largest absolute Gasteiger partial charge is 0.477 e. The van der Waals surface area contributed by atoms with E-state index in [1.165, 1.54) is 24.1 Å². The Kier molecular flexibility index (Phi) is 7.94. The molecule has 2 amide bonds. The normalized spacial score (nSPS) is 21.9. The molecule has 3 saturated heterocycles. The number of carbonyl (C=O) groups excluding carboxylic acids is 2. The average molecular weight is 652 g/mol. The summed E-state index contributed by atoms with van der Waals surface area (Å²) in [5.41, 5.74) is 0.00222. The van der Waals surface area contributed by atoms with Crippen LogP contribution in [0.15, 0.2) is 35.3 Å². The molecule has 3 aromatic rings. The Labute approximate surface area is 268 Å². The molecule has 1 unspecified atom stereocenters. The maximum atomic E-state index is 15.4. The van der Waals surface area contributed by atoms with Gasteiger partial charge in [-0.2, -0.15) is 0 Å². The molecule has 1 aromatic carbocycles. The molecule has 4 fully saturated rings. The van der Waals surface area contributed by atoms with Crippen LogP contribution in [0.1, 0.15) is 42.6 Å². The Balaban J connectivity index is 0.995. The number of rotatable bonds is 8. The van der Waals surface area contributed by atoms with E-state index in [2.05, 4.69) is 15.2 Å². The van der Waals surface area contributed by atoms with Gasteiger partial charge in [0.05, 0.1) is 29.9 Å². The monoisotopic (exact) mass is 651 g/mol. The Morgan fingerprint density at radius 3 is 2.43 bits per heavy atom. The van der Waals surface area contributed by atoms with Gasteiger partial charge in [0.15, 0.2) is 11.6 Å². The molecule has 47 heavy (non-hydrogen) atoms. The van der Waals surface area contributed by atoms with Gasteiger partial charge in [0, 0.05) is 64.5 Å². The average Bonchev–Trinajstić information content (AvgIpc) is 3.64. The standard InChI is InChI=1S/C32H35F2N7O6/c1-18(42)35-14-22-16-41(32(46)47-22)20-4-5-27(25(33)12-20)38-10-8-37(9-11-38)21-6-7-39(15-21)30-26(34)13-23-28(43)24(31(44)45)17-40(19-2-3-19)29(23)36-30/h4-5,12-13,17,19,21-22H,2-3,6-11,14-16H2,1H3,(H,35,42)(H,44,45)/t21?,22-/m0/s1. The topological polar surface area (TPSA) is 141 Å². The van der Waals surface area contributed by atoms with Crippen molar-refractivity contribution in [1.82, 2.24) is 19.8 Å². The number of ether oxygens (including phenoxy) is 1. The van der Waals surface area contributed by atoms with E-state index in [1.54, 1.807) is 16.7 Å². The van der Waals surface area contributed by atoms with E-state index in [-0.39, 0.29) is 47.8 Å². The number of carboxylic acid groups (broad SMARTS) is 1. The van der Waals surface area contributed by atoms with Crippen molar-refractivity contribution >= 4 is 46.2 Å². The van der Waals surface area contributed by atoms with Crippen LogP contribution in [0.2, 0.25) is 0 Å². The summed E-state index contributed by atoms with van der Waals surface area (Å²) in [5, 5.41) is 12.1. The van der Waals surface area contributed by atoms with E-state index in [0.29, 0.717) is 56.3 Å². The fraction of sp³-hybridized carbons (Fsp3) is 0.469. The lowest BCUT2D eigenvalue weighted by molar-refractivity contribution is -0.119. The third-order valence-corrected chi connectivity index (χ3v) is 9.44. The smallest absolute Gasteiger partial charge is 0.414 e. The number of hydrogen-bond acceptors (Lipinski definition) is 9. The van der Waals surface area contributed by atoms with Gasteiger partial charge in [-0.3, -0.25) is 19.4 Å². The number of carboxylic acids is 1. The molecular weight excluding hydrogens is 616 g/mol. The van der Waals surface area contributed by atoms with Crippen molar-refractivity contribution < 1.29 is 33.0 Å². The third-order valence-electron chi connectivity index (χ3n) is 9.44. The molecule has 3 aliphatic heterocycles. The number of anilines is 3. The molecule has 15 heteroatoms. The second kappa shape index (κ2) is 12.1. The Hall–Kier alpha value is -4.79. The molecule has 0 spiro atoms. The number of amides is 2. The van der Waals surface area contributed by atoms with E-state index in [9.17, 15) is 24.3 Å². The number of cyclic esters (lactones) is 1. The van der Waals surface area contributed by atoms with E-state index in [0.717, 1.165) is 25.3 Å². The summed E-state index contributed by atoms with van der Waals surface area (Å²) in [5.74, 6) is -2.52.